The highest BCUT2D eigenvalue weighted by atomic mass is 32.2. The Hall–Kier alpha value is -3.12. The molecule has 33 heavy (non-hydrogen) atoms. The maximum Gasteiger partial charge on any atom is 0.416 e. The first-order chi connectivity index (χ1) is 15.6. The predicted molar refractivity (Wildman–Crippen MR) is 122 cm³/mol. The Morgan fingerprint density at radius 3 is 2.82 bits per heavy atom. The van der Waals surface area contributed by atoms with Gasteiger partial charge in [-0.05, 0) is 36.6 Å². The van der Waals surface area contributed by atoms with E-state index >= 15 is 0 Å². The molecule has 1 N–H and O–H groups in total. The van der Waals surface area contributed by atoms with Gasteiger partial charge in [-0.3, -0.25) is 23.9 Å². The molecule has 172 valence electrons. The summed E-state index contributed by atoms with van der Waals surface area (Å²) in [6, 6.07) is 4.51. The maximum atomic E-state index is 13.2. The minimum absolute atomic E-state index is 0.0895. The molecule has 2 amide bonds. The third-order valence-electron chi connectivity index (χ3n) is 4.95. The number of aromatic nitrogens is 2. The molecule has 1 aliphatic heterocycles. The van der Waals surface area contributed by atoms with E-state index in [9.17, 15) is 27.6 Å². The van der Waals surface area contributed by atoms with Gasteiger partial charge in [0.05, 0.1) is 27.6 Å². The molecular formula is C21H17F3N4O3S2. The van der Waals surface area contributed by atoms with Crippen LogP contribution in [0.25, 0.3) is 10.2 Å². The molecule has 3 aromatic rings. The van der Waals surface area contributed by atoms with Crippen molar-refractivity contribution < 1.29 is 22.8 Å². The zero-order chi connectivity index (χ0) is 23.9. The van der Waals surface area contributed by atoms with Gasteiger partial charge in [0.15, 0.2) is 5.16 Å². The fourth-order valence-corrected chi connectivity index (χ4v) is 5.19. The predicted octanol–water partition coefficient (Wildman–Crippen LogP) is 4.13. The number of fused-ring (bicyclic) bond motifs is 2. The first-order valence-electron chi connectivity index (χ1n) is 9.68. The molecule has 4 rings (SSSR count). The minimum atomic E-state index is -4.59. The number of nitrogens with one attached hydrogen (secondary N) is 1. The van der Waals surface area contributed by atoms with E-state index in [-0.39, 0.29) is 30.0 Å². The van der Waals surface area contributed by atoms with Gasteiger partial charge in [-0.2, -0.15) is 13.2 Å². The van der Waals surface area contributed by atoms with Crippen molar-refractivity contribution in [2.45, 2.75) is 30.1 Å². The number of amides is 2. The number of halogens is 3. The molecule has 3 heterocycles. The average molecular weight is 495 g/mol. The monoisotopic (exact) mass is 494 g/mol. The first kappa shape index (κ1) is 23.1. The van der Waals surface area contributed by atoms with E-state index in [2.05, 4.69) is 16.9 Å². The number of carbonyl (C=O) groups is 2. The van der Waals surface area contributed by atoms with Crippen LogP contribution in [-0.4, -0.2) is 33.2 Å². The fraction of sp³-hybridized carbons (Fsp3) is 0.238. The number of anilines is 2. The number of thioether (sulfide) groups is 1. The average Bonchev–Trinajstić information content (AvgIpc) is 3.23. The molecule has 0 aliphatic carbocycles. The fourth-order valence-electron chi connectivity index (χ4n) is 3.40. The highest BCUT2D eigenvalue weighted by Crippen LogP contribution is 2.38. The second kappa shape index (κ2) is 8.67. The quantitative estimate of drug-likeness (QED) is 0.328. The molecule has 2 aromatic heterocycles. The molecule has 12 heteroatoms. The van der Waals surface area contributed by atoms with E-state index in [4.69, 9.17) is 0 Å². The van der Waals surface area contributed by atoms with Crippen molar-refractivity contribution in [1.82, 2.24) is 9.55 Å². The molecule has 1 aromatic carbocycles. The van der Waals surface area contributed by atoms with Crippen LogP contribution in [0.5, 0.6) is 0 Å². The SMILES string of the molecule is C=CCn1c(SC(C)C(=O)N2CC(=O)Nc3cc(C(F)(F)F)ccc32)nc2sccc2c1=O. The van der Waals surface area contributed by atoms with Crippen LogP contribution in [0.4, 0.5) is 24.5 Å². The Labute approximate surface area is 193 Å². The summed E-state index contributed by atoms with van der Waals surface area (Å²) >= 11 is 2.33. The molecule has 1 atom stereocenters. The number of nitrogens with zero attached hydrogens (tertiary/aromatic N) is 3. The lowest BCUT2D eigenvalue weighted by Gasteiger charge is -2.31. The standard InChI is InChI=1S/C21H17F3N4O3S2/c1-3-7-27-19(31)13-6-8-32-17(13)26-20(27)33-11(2)18(30)28-10-16(29)25-14-9-12(21(22,23)24)4-5-15(14)28/h3-6,8-9,11H,1,7,10H2,2H3,(H,25,29). The van der Waals surface area contributed by atoms with E-state index in [1.807, 2.05) is 0 Å². The molecular weight excluding hydrogens is 477 g/mol. The van der Waals surface area contributed by atoms with Crippen molar-refractivity contribution in [2.75, 3.05) is 16.8 Å². The van der Waals surface area contributed by atoms with E-state index < -0.39 is 28.8 Å². The van der Waals surface area contributed by atoms with Crippen LogP contribution in [-0.2, 0) is 22.3 Å². The van der Waals surface area contributed by atoms with Gasteiger partial charge in [0, 0.05) is 6.54 Å². The lowest BCUT2D eigenvalue weighted by atomic mass is 10.1. The number of carbonyl (C=O) groups excluding carboxylic acids is 2. The van der Waals surface area contributed by atoms with Crippen LogP contribution >= 0.6 is 23.1 Å². The van der Waals surface area contributed by atoms with E-state index in [0.717, 1.165) is 34.9 Å². The number of allylic oxidation sites excluding steroid dienone is 1. The van der Waals surface area contributed by atoms with Crippen LogP contribution in [0.3, 0.4) is 0 Å². The lowest BCUT2D eigenvalue weighted by molar-refractivity contribution is -0.137. The molecule has 0 spiro atoms. The highest BCUT2D eigenvalue weighted by Gasteiger charge is 2.35. The minimum Gasteiger partial charge on any atom is -0.323 e. The van der Waals surface area contributed by atoms with Gasteiger partial charge in [-0.15, -0.1) is 17.9 Å². The van der Waals surface area contributed by atoms with Crippen LogP contribution in [0.1, 0.15) is 12.5 Å². The molecule has 0 fully saturated rings. The summed E-state index contributed by atoms with van der Waals surface area (Å²) in [7, 11) is 0. The van der Waals surface area contributed by atoms with Crippen LogP contribution in [0, 0.1) is 0 Å². The maximum absolute atomic E-state index is 13.2. The highest BCUT2D eigenvalue weighted by molar-refractivity contribution is 8.00. The Kier molecular flexibility index (Phi) is 6.06. The number of alkyl halides is 3. The van der Waals surface area contributed by atoms with Gasteiger partial charge in [-0.25, -0.2) is 4.98 Å². The normalized spacial score (nSPS) is 14.7. The van der Waals surface area contributed by atoms with Crippen molar-refractivity contribution in [1.29, 1.82) is 0 Å². The Bertz CT molecular complexity index is 1330. The second-order valence-corrected chi connectivity index (χ2v) is 9.40. The van der Waals surface area contributed by atoms with Crippen molar-refractivity contribution in [3.63, 3.8) is 0 Å². The summed E-state index contributed by atoms with van der Waals surface area (Å²) in [6.07, 6.45) is -3.04. The first-order valence-corrected chi connectivity index (χ1v) is 11.4. The van der Waals surface area contributed by atoms with Gasteiger partial charge in [0.25, 0.3) is 5.56 Å². The number of hydrogen-bond acceptors (Lipinski definition) is 6. The molecule has 7 nitrogen and oxygen atoms in total. The largest absolute Gasteiger partial charge is 0.416 e. The van der Waals surface area contributed by atoms with Crippen LogP contribution in [0.15, 0.2) is 52.3 Å². The molecule has 0 radical (unpaired) electrons. The lowest BCUT2D eigenvalue weighted by Crippen LogP contribution is -2.45. The van der Waals surface area contributed by atoms with E-state index in [1.54, 1.807) is 24.4 Å². The topological polar surface area (TPSA) is 84.3 Å². The Morgan fingerprint density at radius 1 is 1.36 bits per heavy atom. The number of hydrogen-bond donors (Lipinski definition) is 1. The Morgan fingerprint density at radius 2 is 2.12 bits per heavy atom. The zero-order valence-electron chi connectivity index (χ0n) is 17.2. The Balaban J connectivity index is 1.66. The van der Waals surface area contributed by atoms with Gasteiger partial charge in [0.1, 0.15) is 11.4 Å². The molecule has 1 aliphatic rings. The number of benzene rings is 1. The smallest absolute Gasteiger partial charge is 0.323 e. The van der Waals surface area contributed by atoms with Crippen LogP contribution < -0.4 is 15.8 Å². The van der Waals surface area contributed by atoms with E-state index in [0.29, 0.717) is 15.4 Å². The zero-order valence-corrected chi connectivity index (χ0v) is 18.8. The molecule has 0 saturated heterocycles. The summed E-state index contributed by atoms with van der Waals surface area (Å²) in [6.45, 7) is 5.10. The van der Waals surface area contributed by atoms with Crippen molar-refractivity contribution in [2.24, 2.45) is 0 Å². The van der Waals surface area contributed by atoms with Crippen molar-refractivity contribution in [3.8, 4) is 0 Å². The summed E-state index contributed by atoms with van der Waals surface area (Å²) in [5, 5.41) is 4.13. The van der Waals surface area contributed by atoms with Gasteiger partial charge >= 0.3 is 6.18 Å². The summed E-state index contributed by atoms with van der Waals surface area (Å²) in [5.41, 5.74) is -1.11. The summed E-state index contributed by atoms with van der Waals surface area (Å²) in [5.74, 6) is -1.10. The summed E-state index contributed by atoms with van der Waals surface area (Å²) < 4.78 is 40.6. The van der Waals surface area contributed by atoms with Crippen LogP contribution in [0.2, 0.25) is 0 Å². The number of rotatable bonds is 5. The number of thiophene rings is 1. The second-order valence-electron chi connectivity index (χ2n) is 7.20. The van der Waals surface area contributed by atoms with Gasteiger partial charge in [-0.1, -0.05) is 17.8 Å². The third kappa shape index (κ3) is 4.40. The molecule has 0 bridgehead atoms. The van der Waals surface area contributed by atoms with Gasteiger partial charge < -0.3 is 5.32 Å². The molecule has 1 unspecified atom stereocenters. The van der Waals surface area contributed by atoms with Crippen molar-refractivity contribution in [3.05, 3.63) is 58.2 Å². The van der Waals surface area contributed by atoms with E-state index in [1.165, 1.54) is 15.9 Å². The van der Waals surface area contributed by atoms with Gasteiger partial charge in [0.2, 0.25) is 11.8 Å². The molecule has 0 saturated carbocycles. The van der Waals surface area contributed by atoms with Crippen molar-refractivity contribution >= 4 is 56.5 Å². The third-order valence-corrected chi connectivity index (χ3v) is 6.83. The summed E-state index contributed by atoms with van der Waals surface area (Å²) in [4.78, 5) is 44.3.